The molecule has 2 aromatic carbocycles. The number of carbonyl (C=O) groups is 2. The van der Waals surface area contributed by atoms with Crippen LogP contribution in [0.3, 0.4) is 0 Å². The van der Waals surface area contributed by atoms with Crippen molar-refractivity contribution in [3.63, 3.8) is 0 Å². The Morgan fingerprint density at radius 2 is 1.84 bits per heavy atom. The second-order valence-corrected chi connectivity index (χ2v) is 6.08. The lowest BCUT2D eigenvalue weighted by Crippen LogP contribution is -2.38. The maximum Gasteiger partial charge on any atom is 0.224 e. The van der Waals surface area contributed by atoms with E-state index in [2.05, 4.69) is 5.32 Å². The molecule has 0 saturated carbocycles. The molecule has 2 aromatic rings. The molecule has 0 radical (unpaired) electrons. The molecule has 2 amide bonds. The second-order valence-electron chi connectivity index (χ2n) is 6.08. The molecule has 0 atom stereocenters. The molecule has 2 rings (SSSR count). The first kappa shape index (κ1) is 18.6. The topological polar surface area (TPSA) is 49.4 Å². The van der Waals surface area contributed by atoms with Crippen LogP contribution in [0.15, 0.2) is 42.5 Å². The summed E-state index contributed by atoms with van der Waals surface area (Å²) < 4.78 is 13.6. The quantitative estimate of drug-likeness (QED) is 0.877. The maximum absolute atomic E-state index is 13.6. The fourth-order valence-corrected chi connectivity index (χ4v) is 2.74. The number of nitrogens with zero attached hydrogens (tertiary/aromatic N) is 1. The van der Waals surface area contributed by atoms with Gasteiger partial charge in [0.15, 0.2) is 0 Å². The van der Waals surface area contributed by atoms with Gasteiger partial charge in [-0.3, -0.25) is 9.59 Å². The number of aryl methyl sites for hydroxylation is 2. The van der Waals surface area contributed by atoms with E-state index in [0.717, 1.165) is 16.8 Å². The Labute approximate surface area is 147 Å². The molecule has 0 heterocycles. The zero-order valence-corrected chi connectivity index (χ0v) is 14.8. The van der Waals surface area contributed by atoms with Crippen LogP contribution >= 0.6 is 0 Å². The van der Waals surface area contributed by atoms with E-state index in [1.165, 1.54) is 13.0 Å². The third-order valence-corrected chi connectivity index (χ3v) is 3.99. The Hall–Kier alpha value is -2.69. The summed E-state index contributed by atoms with van der Waals surface area (Å²) in [6.07, 6.45) is -0.0176. The molecule has 5 heteroatoms. The van der Waals surface area contributed by atoms with Crippen LogP contribution in [0, 0.1) is 19.7 Å². The fourth-order valence-electron chi connectivity index (χ4n) is 2.74. The second kappa shape index (κ2) is 8.42. The van der Waals surface area contributed by atoms with E-state index in [0.29, 0.717) is 18.7 Å². The summed E-state index contributed by atoms with van der Waals surface area (Å²) in [5, 5.41) is 2.74. The van der Waals surface area contributed by atoms with Gasteiger partial charge in [-0.15, -0.1) is 0 Å². The van der Waals surface area contributed by atoms with Gasteiger partial charge in [0, 0.05) is 25.7 Å². The number of hydrogen-bond donors (Lipinski definition) is 1. The molecular formula is C20H23FN2O2. The highest BCUT2D eigenvalue weighted by Gasteiger charge is 2.14. The molecule has 0 unspecified atom stereocenters. The van der Waals surface area contributed by atoms with Gasteiger partial charge < -0.3 is 10.2 Å². The Balaban J connectivity index is 1.94. The van der Waals surface area contributed by atoms with Crippen LogP contribution in [-0.4, -0.2) is 24.9 Å². The minimum atomic E-state index is -0.390. The number of halogens is 1. The number of amides is 2. The van der Waals surface area contributed by atoms with E-state index >= 15 is 0 Å². The standard InChI is InChI=1S/C20H23FN2O2/c1-14-8-9-19(15(2)12-14)23(16(3)24)11-10-22-20(25)13-17-6-4-5-7-18(17)21/h4-9,12H,10-11,13H2,1-3H3,(H,22,25). The average molecular weight is 342 g/mol. The lowest BCUT2D eigenvalue weighted by molar-refractivity contribution is -0.121. The summed E-state index contributed by atoms with van der Waals surface area (Å²) in [5.74, 6) is -0.747. The molecule has 132 valence electrons. The summed E-state index contributed by atoms with van der Waals surface area (Å²) in [6.45, 7) is 6.12. The van der Waals surface area contributed by atoms with Crippen LogP contribution in [0.5, 0.6) is 0 Å². The van der Waals surface area contributed by atoms with Crippen molar-refractivity contribution >= 4 is 17.5 Å². The van der Waals surface area contributed by atoms with Crippen LogP contribution in [0.4, 0.5) is 10.1 Å². The number of anilines is 1. The minimum Gasteiger partial charge on any atom is -0.354 e. The summed E-state index contributed by atoms with van der Waals surface area (Å²) >= 11 is 0. The normalized spacial score (nSPS) is 10.4. The highest BCUT2D eigenvalue weighted by molar-refractivity contribution is 5.92. The van der Waals surface area contributed by atoms with E-state index < -0.39 is 5.82 Å². The van der Waals surface area contributed by atoms with E-state index in [-0.39, 0.29) is 18.2 Å². The smallest absolute Gasteiger partial charge is 0.224 e. The average Bonchev–Trinajstić information content (AvgIpc) is 2.54. The van der Waals surface area contributed by atoms with Crippen molar-refractivity contribution in [2.75, 3.05) is 18.0 Å². The minimum absolute atomic E-state index is 0.0176. The van der Waals surface area contributed by atoms with Crippen molar-refractivity contribution in [3.05, 3.63) is 65.0 Å². The molecule has 0 spiro atoms. The predicted octanol–water partition coefficient (Wildman–Crippen LogP) is 3.15. The molecule has 0 aromatic heterocycles. The van der Waals surface area contributed by atoms with Gasteiger partial charge in [-0.05, 0) is 37.1 Å². The van der Waals surface area contributed by atoms with Gasteiger partial charge in [0.05, 0.1) is 6.42 Å². The molecule has 0 aliphatic heterocycles. The summed E-state index contributed by atoms with van der Waals surface area (Å²) in [5.41, 5.74) is 3.33. The van der Waals surface area contributed by atoms with Crippen molar-refractivity contribution in [3.8, 4) is 0 Å². The SMILES string of the molecule is CC(=O)N(CCNC(=O)Cc1ccccc1F)c1ccc(C)cc1C. The van der Waals surface area contributed by atoms with Crippen molar-refractivity contribution < 1.29 is 14.0 Å². The molecular weight excluding hydrogens is 319 g/mol. The van der Waals surface area contributed by atoms with E-state index in [1.807, 2.05) is 32.0 Å². The lowest BCUT2D eigenvalue weighted by atomic mass is 10.1. The molecule has 0 aliphatic rings. The highest BCUT2D eigenvalue weighted by atomic mass is 19.1. The maximum atomic E-state index is 13.6. The molecule has 25 heavy (non-hydrogen) atoms. The van der Waals surface area contributed by atoms with Crippen molar-refractivity contribution in [2.45, 2.75) is 27.2 Å². The number of hydrogen-bond acceptors (Lipinski definition) is 2. The molecule has 0 fully saturated rings. The van der Waals surface area contributed by atoms with E-state index in [4.69, 9.17) is 0 Å². The van der Waals surface area contributed by atoms with Crippen LogP contribution in [-0.2, 0) is 16.0 Å². The van der Waals surface area contributed by atoms with Gasteiger partial charge in [-0.1, -0.05) is 35.9 Å². The molecule has 0 bridgehead atoms. The Bertz CT molecular complexity index is 774. The first-order chi connectivity index (χ1) is 11.9. The van der Waals surface area contributed by atoms with Crippen LogP contribution in [0.25, 0.3) is 0 Å². The number of rotatable bonds is 6. The van der Waals surface area contributed by atoms with Gasteiger partial charge in [0.1, 0.15) is 5.82 Å². The monoisotopic (exact) mass is 342 g/mol. The first-order valence-corrected chi connectivity index (χ1v) is 8.24. The summed E-state index contributed by atoms with van der Waals surface area (Å²) in [6, 6.07) is 12.1. The number of nitrogens with one attached hydrogen (secondary N) is 1. The fraction of sp³-hybridized carbons (Fsp3) is 0.300. The predicted molar refractivity (Wildman–Crippen MR) is 97.1 cm³/mol. The Morgan fingerprint density at radius 3 is 2.48 bits per heavy atom. The zero-order chi connectivity index (χ0) is 18.4. The third-order valence-electron chi connectivity index (χ3n) is 3.99. The van der Waals surface area contributed by atoms with Gasteiger partial charge >= 0.3 is 0 Å². The highest BCUT2D eigenvalue weighted by Crippen LogP contribution is 2.21. The summed E-state index contributed by atoms with van der Waals surface area (Å²) in [4.78, 5) is 25.6. The van der Waals surface area contributed by atoms with Gasteiger partial charge in [-0.2, -0.15) is 0 Å². The summed E-state index contributed by atoms with van der Waals surface area (Å²) in [7, 11) is 0. The molecule has 1 N–H and O–H groups in total. The van der Waals surface area contributed by atoms with Crippen molar-refractivity contribution in [1.29, 1.82) is 0 Å². The number of carbonyl (C=O) groups excluding carboxylic acids is 2. The van der Waals surface area contributed by atoms with Gasteiger partial charge in [0.2, 0.25) is 11.8 Å². The van der Waals surface area contributed by atoms with Crippen molar-refractivity contribution in [2.24, 2.45) is 0 Å². The third kappa shape index (κ3) is 5.14. The molecule has 0 saturated heterocycles. The first-order valence-electron chi connectivity index (χ1n) is 8.24. The molecule has 0 aliphatic carbocycles. The Kier molecular flexibility index (Phi) is 6.28. The van der Waals surface area contributed by atoms with Crippen LogP contribution in [0.1, 0.15) is 23.6 Å². The largest absolute Gasteiger partial charge is 0.354 e. The van der Waals surface area contributed by atoms with Crippen LogP contribution in [0.2, 0.25) is 0 Å². The number of benzene rings is 2. The molecule has 4 nitrogen and oxygen atoms in total. The van der Waals surface area contributed by atoms with Crippen molar-refractivity contribution in [1.82, 2.24) is 5.32 Å². The van der Waals surface area contributed by atoms with Crippen LogP contribution < -0.4 is 10.2 Å². The Morgan fingerprint density at radius 1 is 1.12 bits per heavy atom. The zero-order valence-electron chi connectivity index (χ0n) is 14.8. The van der Waals surface area contributed by atoms with Gasteiger partial charge in [-0.25, -0.2) is 4.39 Å². The van der Waals surface area contributed by atoms with E-state index in [9.17, 15) is 14.0 Å². The van der Waals surface area contributed by atoms with Gasteiger partial charge in [0.25, 0.3) is 0 Å². The lowest BCUT2D eigenvalue weighted by Gasteiger charge is -2.23. The van der Waals surface area contributed by atoms with E-state index in [1.54, 1.807) is 23.1 Å².